The zero-order chi connectivity index (χ0) is 14.8. The summed E-state index contributed by atoms with van der Waals surface area (Å²) >= 11 is 1.53. The van der Waals surface area contributed by atoms with Crippen molar-refractivity contribution in [3.63, 3.8) is 0 Å². The van der Waals surface area contributed by atoms with Crippen molar-refractivity contribution >= 4 is 21.4 Å². The quantitative estimate of drug-likeness (QED) is 0.734. The van der Waals surface area contributed by atoms with Crippen molar-refractivity contribution in [2.24, 2.45) is 0 Å². The fraction of sp³-hybridized carbons (Fsp3) is 0.235. The Morgan fingerprint density at radius 3 is 2.71 bits per heavy atom. The molecular weight excluding hydrogens is 280 g/mol. The molecule has 2 aromatic heterocycles. The molecule has 3 rings (SSSR count). The number of pyridine rings is 1. The number of aryl methyl sites for hydroxylation is 2. The molecule has 2 heterocycles. The van der Waals surface area contributed by atoms with Gasteiger partial charge in [-0.2, -0.15) is 4.98 Å². The smallest absolute Gasteiger partial charge is 0.267 e. The molecule has 0 spiro atoms. The zero-order valence-corrected chi connectivity index (χ0v) is 12.9. The van der Waals surface area contributed by atoms with E-state index in [4.69, 9.17) is 0 Å². The number of aromatic nitrogens is 2. The van der Waals surface area contributed by atoms with Gasteiger partial charge < -0.3 is 0 Å². The van der Waals surface area contributed by atoms with Crippen molar-refractivity contribution in [2.45, 2.75) is 26.7 Å². The number of nitrogens with zero attached hydrogens (tertiary/aromatic N) is 2. The van der Waals surface area contributed by atoms with Gasteiger partial charge in [0, 0.05) is 10.4 Å². The van der Waals surface area contributed by atoms with Crippen LogP contribution in [0.15, 0.2) is 41.2 Å². The highest BCUT2D eigenvalue weighted by Gasteiger charge is 2.09. The molecule has 106 valence electrons. The molecule has 0 fully saturated rings. The van der Waals surface area contributed by atoms with Crippen LogP contribution in [-0.4, -0.2) is 9.97 Å². The minimum Gasteiger partial charge on any atom is -0.267 e. The first-order valence-corrected chi connectivity index (χ1v) is 7.87. The van der Waals surface area contributed by atoms with Crippen LogP contribution in [0.5, 0.6) is 0 Å². The van der Waals surface area contributed by atoms with Gasteiger partial charge >= 0.3 is 0 Å². The van der Waals surface area contributed by atoms with Crippen LogP contribution < -0.4 is 5.56 Å². The van der Waals surface area contributed by atoms with Crippen molar-refractivity contribution in [3.8, 4) is 10.7 Å². The Kier molecular flexibility index (Phi) is 3.80. The van der Waals surface area contributed by atoms with Crippen molar-refractivity contribution in [1.82, 2.24) is 9.97 Å². The van der Waals surface area contributed by atoms with Crippen LogP contribution in [-0.2, 0) is 6.42 Å². The second-order valence-electron chi connectivity index (χ2n) is 5.04. The highest BCUT2D eigenvalue weighted by Crippen LogP contribution is 2.27. The van der Waals surface area contributed by atoms with E-state index in [0.29, 0.717) is 10.4 Å². The van der Waals surface area contributed by atoms with Gasteiger partial charge in [0.15, 0.2) is 0 Å². The molecule has 0 unspecified atom stereocenters. The second kappa shape index (κ2) is 5.74. The molecule has 0 aliphatic rings. The SMILES string of the molecule is CCCc1cccc(-c2nc(=O)c3cccc(C)c3s2)n1. The Hall–Kier alpha value is -2.07. The molecule has 3 aromatic rings. The topological polar surface area (TPSA) is 42.9 Å². The summed E-state index contributed by atoms with van der Waals surface area (Å²) in [7, 11) is 0. The number of rotatable bonds is 3. The number of fused-ring (bicyclic) bond motifs is 1. The molecule has 0 bridgehead atoms. The van der Waals surface area contributed by atoms with Crippen LogP contribution in [0.25, 0.3) is 20.8 Å². The molecular formula is C17H16N2OS. The Balaban J connectivity index is 2.19. The standard InChI is InChI=1S/C17H16N2OS/c1-3-6-12-8-5-10-14(18-12)17-19-16(20)13-9-4-7-11(2)15(13)21-17/h4-5,7-10H,3,6H2,1-2H3. The lowest BCUT2D eigenvalue weighted by atomic mass is 10.2. The summed E-state index contributed by atoms with van der Waals surface area (Å²) < 4.78 is 0.996. The molecule has 4 heteroatoms. The molecule has 0 amide bonds. The van der Waals surface area contributed by atoms with E-state index in [1.807, 2.05) is 43.3 Å². The van der Waals surface area contributed by atoms with E-state index in [1.54, 1.807) is 0 Å². The molecule has 0 saturated heterocycles. The Bertz CT molecular complexity index is 855. The molecule has 21 heavy (non-hydrogen) atoms. The number of hydrogen-bond acceptors (Lipinski definition) is 4. The second-order valence-corrected chi connectivity index (χ2v) is 6.04. The maximum atomic E-state index is 12.2. The van der Waals surface area contributed by atoms with Gasteiger partial charge in [-0.25, -0.2) is 0 Å². The van der Waals surface area contributed by atoms with Gasteiger partial charge in [-0.15, -0.1) is 11.3 Å². The molecule has 0 atom stereocenters. The fourth-order valence-electron chi connectivity index (χ4n) is 2.33. The molecule has 0 saturated carbocycles. The van der Waals surface area contributed by atoms with Crippen LogP contribution in [0.3, 0.4) is 0 Å². The van der Waals surface area contributed by atoms with Crippen molar-refractivity contribution < 1.29 is 0 Å². The van der Waals surface area contributed by atoms with Gasteiger partial charge in [-0.3, -0.25) is 9.78 Å². The van der Waals surface area contributed by atoms with Gasteiger partial charge in [0.1, 0.15) is 5.01 Å². The lowest BCUT2D eigenvalue weighted by Gasteiger charge is -2.05. The third-order valence-electron chi connectivity index (χ3n) is 3.38. The maximum absolute atomic E-state index is 12.2. The first kappa shape index (κ1) is 13.9. The predicted molar refractivity (Wildman–Crippen MR) is 87.9 cm³/mol. The van der Waals surface area contributed by atoms with Gasteiger partial charge in [0.2, 0.25) is 0 Å². The minimum atomic E-state index is -0.176. The minimum absolute atomic E-state index is 0.176. The van der Waals surface area contributed by atoms with E-state index < -0.39 is 0 Å². The maximum Gasteiger partial charge on any atom is 0.279 e. The van der Waals surface area contributed by atoms with Crippen LogP contribution in [0.2, 0.25) is 0 Å². The summed E-state index contributed by atoms with van der Waals surface area (Å²) in [6.45, 7) is 4.15. The van der Waals surface area contributed by atoms with Crippen LogP contribution in [0.4, 0.5) is 0 Å². The lowest BCUT2D eigenvalue weighted by Crippen LogP contribution is -2.07. The van der Waals surface area contributed by atoms with Crippen molar-refractivity contribution in [2.75, 3.05) is 0 Å². The summed E-state index contributed by atoms with van der Waals surface area (Å²) in [6.07, 6.45) is 1.99. The molecule has 1 aromatic carbocycles. The summed E-state index contributed by atoms with van der Waals surface area (Å²) in [5, 5.41) is 1.38. The van der Waals surface area contributed by atoms with E-state index in [0.717, 1.165) is 34.5 Å². The zero-order valence-electron chi connectivity index (χ0n) is 12.1. The molecule has 0 aliphatic heterocycles. The average Bonchev–Trinajstić information content (AvgIpc) is 2.49. The highest BCUT2D eigenvalue weighted by molar-refractivity contribution is 7.21. The van der Waals surface area contributed by atoms with Crippen molar-refractivity contribution in [1.29, 1.82) is 0 Å². The van der Waals surface area contributed by atoms with E-state index in [2.05, 4.69) is 16.9 Å². The van der Waals surface area contributed by atoms with E-state index in [-0.39, 0.29) is 5.56 Å². The van der Waals surface area contributed by atoms with Gasteiger partial charge in [-0.05, 0) is 37.1 Å². The number of benzene rings is 1. The largest absolute Gasteiger partial charge is 0.279 e. The van der Waals surface area contributed by atoms with E-state index >= 15 is 0 Å². The third-order valence-corrected chi connectivity index (χ3v) is 4.62. The van der Waals surface area contributed by atoms with Gasteiger partial charge in [-0.1, -0.05) is 31.5 Å². The first-order chi connectivity index (χ1) is 10.2. The Labute approximate surface area is 127 Å². The number of hydrogen-bond donors (Lipinski definition) is 0. The Morgan fingerprint density at radius 1 is 1.10 bits per heavy atom. The Morgan fingerprint density at radius 2 is 1.90 bits per heavy atom. The van der Waals surface area contributed by atoms with Crippen LogP contribution in [0, 0.1) is 6.92 Å². The predicted octanol–water partition coefficient (Wildman–Crippen LogP) is 3.98. The van der Waals surface area contributed by atoms with Crippen LogP contribution >= 0.6 is 11.3 Å². The van der Waals surface area contributed by atoms with Crippen LogP contribution in [0.1, 0.15) is 24.6 Å². The first-order valence-electron chi connectivity index (χ1n) is 7.06. The van der Waals surface area contributed by atoms with Gasteiger partial charge in [0.05, 0.1) is 11.1 Å². The summed E-state index contributed by atoms with van der Waals surface area (Å²) in [5.74, 6) is 0. The molecule has 0 radical (unpaired) electrons. The normalized spacial score (nSPS) is 11.0. The molecule has 3 nitrogen and oxygen atoms in total. The lowest BCUT2D eigenvalue weighted by molar-refractivity contribution is 0.884. The summed E-state index contributed by atoms with van der Waals surface area (Å²) in [4.78, 5) is 21.0. The third kappa shape index (κ3) is 2.72. The molecule has 0 N–H and O–H groups in total. The average molecular weight is 296 g/mol. The van der Waals surface area contributed by atoms with Gasteiger partial charge in [0.25, 0.3) is 5.56 Å². The highest BCUT2D eigenvalue weighted by atomic mass is 32.1. The monoisotopic (exact) mass is 296 g/mol. The molecule has 0 aliphatic carbocycles. The fourth-order valence-corrected chi connectivity index (χ4v) is 3.37. The van der Waals surface area contributed by atoms with E-state index in [1.165, 1.54) is 11.3 Å². The summed E-state index contributed by atoms with van der Waals surface area (Å²) in [6, 6.07) is 11.7. The van der Waals surface area contributed by atoms with Crippen molar-refractivity contribution in [3.05, 3.63) is 58.0 Å². The van der Waals surface area contributed by atoms with E-state index in [9.17, 15) is 4.79 Å². The summed E-state index contributed by atoms with van der Waals surface area (Å²) in [5.41, 5.74) is 2.75.